The standard InChI is InChI=1S/C11H16BrNO3/c1-7(2)10(11(14)15-3)13-6-8-4-5-9(12)16-8/h4-5,7,10,13H,6H2,1-3H3/t10-/m0/s1. The van der Waals surface area contributed by atoms with Crippen LogP contribution in [0.5, 0.6) is 0 Å². The number of hydrogen-bond acceptors (Lipinski definition) is 4. The van der Waals surface area contributed by atoms with E-state index in [1.54, 1.807) is 0 Å². The maximum Gasteiger partial charge on any atom is 0.323 e. The molecule has 0 bridgehead atoms. The quantitative estimate of drug-likeness (QED) is 0.846. The van der Waals surface area contributed by atoms with Gasteiger partial charge in [-0.2, -0.15) is 0 Å². The lowest BCUT2D eigenvalue weighted by Crippen LogP contribution is -2.41. The van der Waals surface area contributed by atoms with Crippen molar-refractivity contribution in [2.45, 2.75) is 26.4 Å². The maximum absolute atomic E-state index is 11.5. The molecule has 1 atom stereocenters. The largest absolute Gasteiger partial charge is 0.468 e. The molecule has 1 aromatic heterocycles. The van der Waals surface area contributed by atoms with Crippen LogP contribution in [0.25, 0.3) is 0 Å². The highest BCUT2D eigenvalue weighted by molar-refractivity contribution is 9.10. The van der Waals surface area contributed by atoms with E-state index in [-0.39, 0.29) is 17.9 Å². The highest BCUT2D eigenvalue weighted by Crippen LogP contribution is 2.14. The summed E-state index contributed by atoms with van der Waals surface area (Å²) in [6.07, 6.45) is 0. The van der Waals surface area contributed by atoms with Gasteiger partial charge in [0.15, 0.2) is 4.67 Å². The minimum atomic E-state index is -0.311. The van der Waals surface area contributed by atoms with Crippen molar-refractivity contribution >= 4 is 21.9 Å². The first-order valence-corrected chi connectivity index (χ1v) is 5.89. The minimum Gasteiger partial charge on any atom is -0.468 e. The van der Waals surface area contributed by atoms with Crippen molar-refractivity contribution in [1.82, 2.24) is 5.32 Å². The maximum atomic E-state index is 11.5. The highest BCUT2D eigenvalue weighted by atomic mass is 79.9. The Morgan fingerprint density at radius 2 is 2.25 bits per heavy atom. The molecule has 0 aliphatic rings. The van der Waals surface area contributed by atoms with Crippen molar-refractivity contribution in [3.8, 4) is 0 Å². The van der Waals surface area contributed by atoms with Crippen molar-refractivity contribution < 1.29 is 13.9 Å². The van der Waals surface area contributed by atoms with E-state index >= 15 is 0 Å². The molecule has 1 aromatic rings. The van der Waals surface area contributed by atoms with Crippen LogP contribution >= 0.6 is 15.9 Å². The number of hydrogen-bond donors (Lipinski definition) is 1. The van der Waals surface area contributed by atoms with E-state index < -0.39 is 0 Å². The molecule has 0 saturated heterocycles. The van der Waals surface area contributed by atoms with Crippen LogP contribution in [0.15, 0.2) is 21.2 Å². The number of carbonyl (C=O) groups is 1. The molecule has 0 spiro atoms. The minimum absolute atomic E-state index is 0.172. The van der Waals surface area contributed by atoms with Gasteiger partial charge in [-0.15, -0.1) is 0 Å². The molecule has 90 valence electrons. The van der Waals surface area contributed by atoms with Crippen LogP contribution in [0.1, 0.15) is 19.6 Å². The Kier molecular flexibility index (Phi) is 5.02. The summed E-state index contributed by atoms with van der Waals surface area (Å²) in [6, 6.07) is 3.36. The molecule has 0 radical (unpaired) electrons. The summed E-state index contributed by atoms with van der Waals surface area (Å²) < 4.78 is 10.7. The van der Waals surface area contributed by atoms with Crippen LogP contribution < -0.4 is 5.32 Å². The van der Waals surface area contributed by atoms with Crippen LogP contribution in [0.2, 0.25) is 0 Å². The SMILES string of the molecule is COC(=O)[C@@H](NCc1ccc(Br)o1)C(C)C. The monoisotopic (exact) mass is 289 g/mol. The number of nitrogens with one attached hydrogen (secondary N) is 1. The fraction of sp³-hybridized carbons (Fsp3) is 0.545. The Labute approximate surface area is 103 Å². The van der Waals surface area contributed by atoms with Crippen LogP contribution in [0.3, 0.4) is 0 Å². The van der Waals surface area contributed by atoms with Gasteiger partial charge < -0.3 is 9.15 Å². The second-order valence-electron chi connectivity index (χ2n) is 3.83. The summed E-state index contributed by atoms with van der Waals surface area (Å²) in [5.74, 6) is 0.702. The molecule has 0 unspecified atom stereocenters. The van der Waals surface area contributed by atoms with E-state index in [9.17, 15) is 4.79 Å². The fourth-order valence-corrected chi connectivity index (χ4v) is 1.72. The summed E-state index contributed by atoms with van der Waals surface area (Å²) in [5, 5.41) is 3.11. The first-order chi connectivity index (χ1) is 7.54. The normalized spacial score (nSPS) is 12.8. The molecule has 4 nitrogen and oxygen atoms in total. The lowest BCUT2D eigenvalue weighted by molar-refractivity contribution is -0.144. The Morgan fingerprint density at radius 1 is 1.56 bits per heavy atom. The smallest absolute Gasteiger partial charge is 0.323 e. The molecule has 5 heteroatoms. The van der Waals surface area contributed by atoms with Crippen LogP contribution in [-0.4, -0.2) is 19.1 Å². The molecule has 0 aliphatic heterocycles. The van der Waals surface area contributed by atoms with E-state index in [0.29, 0.717) is 11.2 Å². The van der Waals surface area contributed by atoms with E-state index in [0.717, 1.165) is 5.76 Å². The number of halogens is 1. The van der Waals surface area contributed by atoms with Gasteiger partial charge in [0.05, 0.1) is 13.7 Å². The van der Waals surface area contributed by atoms with Gasteiger partial charge in [-0.05, 0) is 34.0 Å². The van der Waals surface area contributed by atoms with Crippen molar-refractivity contribution in [1.29, 1.82) is 0 Å². The zero-order valence-corrected chi connectivity index (χ0v) is 11.2. The number of ether oxygens (including phenoxy) is 1. The summed E-state index contributed by atoms with van der Waals surface area (Å²) in [6.45, 7) is 4.43. The zero-order chi connectivity index (χ0) is 12.1. The molecule has 0 fully saturated rings. The van der Waals surface area contributed by atoms with Gasteiger partial charge in [0.2, 0.25) is 0 Å². The molecular formula is C11H16BrNO3. The van der Waals surface area contributed by atoms with E-state index in [4.69, 9.17) is 9.15 Å². The van der Waals surface area contributed by atoms with Crippen LogP contribution in [0.4, 0.5) is 0 Å². The molecule has 16 heavy (non-hydrogen) atoms. The molecule has 1 rings (SSSR count). The Hall–Kier alpha value is -0.810. The van der Waals surface area contributed by atoms with Gasteiger partial charge in [-0.25, -0.2) is 0 Å². The fourth-order valence-electron chi connectivity index (χ4n) is 1.38. The third-order valence-electron chi connectivity index (χ3n) is 2.25. The van der Waals surface area contributed by atoms with Gasteiger partial charge in [-0.3, -0.25) is 10.1 Å². The molecule has 0 saturated carbocycles. The van der Waals surface area contributed by atoms with Crippen LogP contribution in [0, 0.1) is 5.92 Å². The van der Waals surface area contributed by atoms with Gasteiger partial charge in [0, 0.05) is 0 Å². The van der Waals surface area contributed by atoms with Gasteiger partial charge in [0.1, 0.15) is 11.8 Å². The molecular weight excluding hydrogens is 274 g/mol. The van der Waals surface area contributed by atoms with Crippen LogP contribution in [-0.2, 0) is 16.1 Å². The van der Waals surface area contributed by atoms with E-state index in [1.165, 1.54) is 7.11 Å². The molecule has 1 heterocycles. The Morgan fingerprint density at radius 3 is 2.69 bits per heavy atom. The summed E-state index contributed by atoms with van der Waals surface area (Å²) >= 11 is 3.22. The lowest BCUT2D eigenvalue weighted by atomic mass is 10.0. The number of esters is 1. The van der Waals surface area contributed by atoms with Gasteiger partial charge >= 0.3 is 5.97 Å². The topological polar surface area (TPSA) is 51.5 Å². The third-order valence-corrected chi connectivity index (χ3v) is 2.67. The predicted molar refractivity (Wildman–Crippen MR) is 63.9 cm³/mol. The van der Waals surface area contributed by atoms with E-state index in [2.05, 4.69) is 21.2 Å². The number of carbonyl (C=O) groups excluding carboxylic acids is 1. The third kappa shape index (κ3) is 3.64. The summed E-state index contributed by atoms with van der Waals surface area (Å²) in [5.41, 5.74) is 0. The Bertz CT molecular complexity index is 349. The zero-order valence-electron chi connectivity index (χ0n) is 9.62. The van der Waals surface area contributed by atoms with Crippen molar-refractivity contribution in [3.05, 3.63) is 22.6 Å². The molecule has 0 aliphatic carbocycles. The number of rotatable bonds is 5. The van der Waals surface area contributed by atoms with Gasteiger partial charge in [-0.1, -0.05) is 13.8 Å². The predicted octanol–water partition coefficient (Wildman–Crippen LogP) is 2.33. The lowest BCUT2D eigenvalue weighted by Gasteiger charge is -2.18. The van der Waals surface area contributed by atoms with E-state index in [1.807, 2.05) is 26.0 Å². The average molecular weight is 290 g/mol. The van der Waals surface area contributed by atoms with Crippen molar-refractivity contribution in [2.24, 2.45) is 5.92 Å². The number of methoxy groups -OCH3 is 1. The molecule has 0 amide bonds. The molecule has 0 aromatic carbocycles. The van der Waals surface area contributed by atoms with Crippen molar-refractivity contribution in [2.75, 3.05) is 7.11 Å². The second kappa shape index (κ2) is 6.06. The first-order valence-electron chi connectivity index (χ1n) is 5.10. The molecule has 1 N–H and O–H groups in total. The summed E-state index contributed by atoms with van der Waals surface area (Å²) in [7, 11) is 1.39. The first kappa shape index (κ1) is 13.3. The van der Waals surface area contributed by atoms with Gasteiger partial charge in [0.25, 0.3) is 0 Å². The summed E-state index contributed by atoms with van der Waals surface area (Å²) in [4.78, 5) is 11.5. The average Bonchev–Trinajstić information content (AvgIpc) is 2.63. The van der Waals surface area contributed by atoms with Crippen molar-refractivity contribution in [3.63, 3.8) is 0 Å². The highest BCUT2D eigenvalue weighted by Gasteiger charge is 2.22. The number of furan rings is 1. The Balaban J connectivity index is 2.53. The second-order valence-corrected chi connectivity index (χ2v) is 4.61.